The number of carboxylic acids is 1. The molecule has 1 N–H and O–H groups in total. The van der Waals surface area contributed by atoms with Crippen molar-refractivity contribution in [2.45, 2.75) is 19.4 Å². The van der Waals surface area contributed by atoms with E-state index in [1.165, 1.54) is 4.90 Å². The van der Waals surface area contributed by atoms with E-state index in [0.717, 1.165) is 5.56 Å². The van der Waals surface area contributed by atoms with Gasteiger partial charge in [0.2, 0.25) is 0 Å². The van der Waals surface area contributed by atoms with Crippen LogP contribution in [0.5, 0.6) is 0 Å². The first-order valence-electron chi connectivity index (χ1n) is 6.58. The van der Waals surface area contributed by atoms with Crippen molar-refractivity contribution in [1.82, 2.24) is 4.90 Å². The molecule has 1 amide bonds. The minimum absolute atomic E-state index is 0.0348. The Labute approximate surface area is 123 Å². The topological polar surface area (TPSA) is 91.8 Å². The molecule has 0 spiro atoms. The quantitative estimate of drug-likeness (QED) is 0.887. The molecule has 0 bridgehead atoms. The Morgan fingerprint density at radius 3 is 2.71 bits per heavy atom. The highest BCUT2D eigenvalue weighted by Gasteiger charge is 2.35. The van der Waals surface area contributed by atoms with Crippen LogP contribution in [0.15, 0.2) is 24.3 Å². The average molecular weight is 311 g/mol. The van der Waals surface area contributed by atoms with Gasteiger partial charge in [-0.2, -0.15) is 0 Å². The number of hydrogen-bond acceptors (Lipinski definition) is 4. The molecule has 114 valence electrons. The van der Waals surface area contributed by atoms with Crippen LogP contribution in [0.3, 0.4) is 0 Å². The van der Waals surface area contributed by atoms with Crippen molar-refractivity contribution in [1.29, 1.82) is 0 Å². The zero-order valence-electron chi connectivity index (χ0n) is 11.7. The Kier molecular flexibility index (Phi) is 4.32. The maximum atomic E-state index is 12.5. The molecule has 1 aromatic carbocycles. The highest BCUT2D eigenvalue weighted by molar-refractivity contribution is 7.91. The SMILES string of the molecule is Cc1cccc(C(=O)N2CCS(=O)(=O)CC2CC(=O)O)c1. The monoisotopic (exact) mass is 311 g/mol. The zero-order valence-corrected chi connectivity index (χ0v) is 12.5. The summed E-state index contributed by atoms with van der Waals surface area (Å²) < 4.78 is 23.3. The van der Waals surface area contributed by atoms with E-state index in [0.29, 0.717) is 5.56 Å². The lowest BCUT2D eigenvalue weighted by atomic mass is 10.1. The largest absolute Gasteiger partial charge is 0.481 e. The molecule has 7 heteroatoms. The molecular weight excluding hydrogens is 294 g/mol. The molecular formula is C14H17NO5S. The van der Waals surface area contributed by atoms with Crippen LogP contribution in [0, 0.1) is 6.92 Å². The number of carboxylic acid groups (broad SMARTS) is 1. The molecule has 0 aliphatic carbocycles. The summed E-state index contributed by atoms with van der Waals surface area (Å²) in [5.74, 6) is -1.85. The molecule has 1 fully saturated rings. The Morgan fingerprint density at radius 1 is 1.38 bits per heavy atom. The number of rotatable bonds is 3. The van der Waals surface area contributed by atoms with Crippen LogP contribution >= 0.6 is 0 Å². The van der Waals surface area contributed by atoms with Gasteiger partial charge in [-0.15, -0.1) is 0 Å². The number of aryl methyl sites for hydroxylation is 1. The molecule has 1 saturated heterocycles. The lowest BCUT2D eigenvalue weighted by Gasteiger charge is -2.34. The van der Waals surface area contributed by atoms with E-state index in [-0.39, 0.29) is 30.4 Å². The maximum Gasteiger partial charge on any atom is 0.305 e. The number of carbonyl (C=O) groups is 2. The van der Waals surface area contributed by atoms with Crippen molar-refractivity contribution in [3.8, 4) is 0 Å². The fourth-order valence-electron chi connectivity index (χ4n) is 2.47. The van der Waals surface area contributed by atoms with Crippen LogP contribution in [0.1, 0.15) is 22.3 Å². The lowest BCUT2D eigenvalue weighted by molar-refractivity contribution is -0.138. The van der Waals surface area contributed by atoms with E-state index < -0.39 is 21.8 Å². The number of sulfone groups is 1. The third kappa shape index (κ3) is 3.81. The molecule has 1 heterocycles. The number of benzene rings is 1. The predicted octanol–water partition coefficient (Wildman–Crippen LogP) is 0.709. The number of nitrogens with zero attached hydrogens (tertiary/aromatic N) is 1. The summed E-state index contributed by atoms with van der Waals surface area (Å²) >= 11 is 0. The normalized spacial score (nSPS) is 21.0. The average Bonchev–Trinajstić information content (AvgIpc) is 2.36. The number of aliphatic carboxylic acids is 1. The Hall–Kier alpha value is -1.89. The van der Waals surface area contributed by atoms with E-state index in [9.17, 15) is 18.0 Å². The summed E-state index contributed by atoms with van der Waals surface area (Å²) in [4.78, 5) is 24.8. The van der Waals surface area contributed by atoms with E-state index in [2.05, 4.69) is 0 Å². The minimum atomic E-state index is -3.29. The van der Waals surface area contributed by atoms with Gasteiger partial charge in [0.05, 0.1) is 24.0 Å². The molecule has 1 aliphatic heterocycles. The molecule has 6 nitrogen and oxygen atoms in total. The molecule has 0 radical (unpaired) electrons. The summed E-state index contributed by atoms with van der Waals surface area (Å²) in [6.07, 6.45) is -0.364. The lowest BCUT2D eigenvalue weighted by Crippen LogP contribution is -2.52. The predicted molar refractivity (Wildman–Crippen MR) is 76.9 cm³/mol. The van der Waals surface area contributed by atoms with Gasteiger partial charge < -0.3 is 10.0 Å². The first kappa shape index (κ1) is 15.5. The van der Waals surface area contributed by atoms with E-state index in [4.69, 9.17) is 5.11 Å². The minimum Gasteiger partial charge on any atom is -0.481 e. The van der Waals surface area contributed by atoms with Gasteiger partial charge in [0.25, 0.3) is 5.91 Å². The van der Waals surface area contributed by atoms with Gasteiger partial charge in [-0.25, -0.2) is 8.42 Å². The highest BCUT2D eigenvalue weighted by Crippen LogP contribution is 2.18. The van der Waals surface area contributed by atoms with Gasteiger partial charge in [-0.1, -0.05) is 17.7 Å². The summed E-state index contributed by atoms with van der Waals surface area (Å²) in [6, 6.07) is 6.15. The molecule has 1 atom stereocenters. The summed E-state index contributed by atoms with van der Waals surface area (Å²) in [6.45, 7) is 1.89. The molecule has 1 unspecified atom stereocenters. The fourth-order valence-corrected chi connectivity index (χ4v) is 3.99. The smallest absolute Gasteiger partial charge is 0.305 e. The molecule has 1 aromatic rings. The van der Waals surface area contributed by atoms with Gasteiger partial charge in [-0.3, -0.25) is 9.59 Å². The highest BCUT2D eigenvalue weighted by atomic mass is 32.2. The third-order valence-corrected chi connectivity index (χ3v) is 5.16. The Balaban J connectivity index is 2.27. The van der Waals surface area contributed by atoms with Crippen LogP contribution in [0.25, 0.3) is 0 Å². The fraction of sp³-hybridized carbons (Fsp3) is 0.429. The van der Waals surface area contributed by atoms with Gasteiger partial charge in [0, 0.05) is 12.1 Å². The molecule has 0 saturated carbocycles. The second kappa shape index (κ2) is 5.85. The van der Waals surface area contributed by atoms with E-state index >= 15 is 0 Å². The van der Waals surface area contributed by atoms with Crippen LogP contribution in [0.2, 0.25) is 0 Å². The van der Waals surface area contributed by atoms with Crippen molar-refractivity contribution in [3.63, 3.8) is 0 Å². The molecule has 0 aromatic heterocycles. The van der Waals surface area contributed by atoms with E-state index in [1.54, 1.807) is 18.2 Å². The molecule has 21 heavy (non-hydrogen) atoms. The van der Waals surface area contributed by atoms with Gasteiger partial charge >= 0.3 is 5.97 Å². The number of amides is 1. The van der Waals surface area contributed by atoms with Crippen LogP contribution in [-0.2, 0) is 14.6 Å². The third-order valence-electron chi connectivity index (χ3n) is 3.47. The molecule has 2 rings (SSSR count). The molecule has 1 aliphatic rings. The summed E-state index contributed by atoms with van der Waals surface area (Å²) in [5, 5.41) is 8.92. The number of carbonyl (C=O) groups excluding carboxylic acids is 1. The van der Waals surface area contributed by atoms with Gasteiger partial charge in [0.15, 0.2) is 9.84 Å². The van der Waals surface area contributed by atoms with Crippen LogP contribution in [-0.4, -0.2) is 54.4 Å². The second-order valence-corrected chi connectivity index (χ2v) is 7.46. The summed E-state index contributed by atoms with van der Waals surface area (Å²) in [7, 11) is -3.29. The van der Waals surface area contributed by atoms with Crippen molar-refractivity contribution in [3.05, 3.63) is 35.4 Å². The summed E-state index contributed by atoms with van der Waals surface area (Å²) in [5.41, 5.74) is 1.37. The van der Waals surface area contributed by atoms with Crippen LogP contribution in [0.4, 0.5) is 0 Å². The van der Waals surface area contributed by atoms with Crippen molar-refractivity contribution < 1.29 is 23.1 Å². The first-order valence-corrected chi connectivity index (χ1v) is 8.40. The standard InChI is InChI=1S/C14H17NO5S/c1-10-3-2-4-11(7-10)14(18)15-5-6-21(19,20)9-12(15)8-13(16)17/h2-4,7,12H,5-6,8-9H2,1H3,(H,16,17). The second-order valence-electron chi connectivity index (χ2n) is 5.23. The van der Waals surface area contributed by atoms with Crippen molar-refractivity contribution >= 4 is 21.7 Å². The van der Waals surface area contributed by atoms with Gasteiger partial charge in [0.1, 0.15) is 0 Å². The first-order chi connectivity index (χ1) is 9.78. The van der Waals surface area contributed by atoms with Crippen molar-refractivity contribution in [2.75, 3.05) is 18.1 Å². The Bertz CT molecular complexity index is 668. The van der Waals surface area contributed by atoms with Gasteiger partial charge in [-0.05, 0) is 19.1 Å². The van der Waals surface area contributed by atoms with Crippen molar-refractivity contribution in [2.24, 2.45) is 0 Å². The van der Waals surface area contributed by atoms with Crippen LogP contribution < -0.4 is 0 Å². The van der Waals surface area contributed by atoms with E-state index in [1.807, 2.05) is 13.0 Å². The Morgan fingerprint density at radius 2 is 2.10 bits per heavy atom. The zero-order chi connectivity index (χ0) is 15.6. The number of hydrogen-bond donors (Lipinski definition) is 1. The maximum absolute atomic E-state index is 12.5.